The van der Waals surface area contributed by atoms with Crippen LogP contribution in [0.2, 0.25) is 0 Å². The zero-order chi connectivity index (χ0) is 20.4. The van der Waals surface area contributed by atoms with Gasteiger partial charge in [0.05, 0.1) is 6.61 Å². The summed E-state index contributed by atoms with van der Waals surface area (Å²) in [6, 6.07) is 8.94. The van der Waals surface area contributed by atoms with E-state index >= 15 is 0 Å². The fourth-order valence-electron chi connectivity index (χ4n) is 3.33. The summed E-state index contributed by atoms with van der Waals surface area (Å²) in [5.74, 6) is -0.461. The highest BCUT2D eigenvalue weighted by Gasteiger charge is 2.34. The van der Waals surface area contributed by atoms with Crippen molar-refractivity contribution in [1.29, 1.82) is 0 Å². The van der Waals surface area contributed by atoms with Gasteiger partial charge in [0.2, 0.25) is 0 Å². The Morgan fingerprint density at radius 2 is 1.75 bits per heavy atom. The van der Waals surface area contributed by atoms with Crippen LogP contribution in [0.1, 0.15) is 30.8 Å². The predicted octanol–water partition coefficient (Wildman–Crippen LogP) is 2.97. The van der Waals surface area contributed by atoms with Crippen molar-refractivity contribution in [3.8, 4) is 11.4 Å². The van der Waals surface area contributed by atoms with Crippen LogP contribution in [0.3, 0.4) is 0 Å². The molecule has 1 N–H and O–H groups in total. The van der Waals surface area contributed by atoms with E-state index < -0.39 is 17.8 Å². The maximum atomic E-state index is 12.5. The second-order valence-corrected chi connectivity index (χ2v) is 6.46. The minimum atomic E-state index is -0.686. The summed E-state index contributed by atoms with van der Waals surface area (Å²) in [4.78, 5) is 37.5. The lowest BCUT2D eigenvalue weighted by Gasteiger charge is -2.24. The normalized spacial score (nSPS) is 15.9. The molecule has 1 aliphatic rings. The SMILES string of the molecule is CCOc1ccc(-n2c(C)cc(/C=C3\C(=O)NC(=O)N(CC)C3=O)c2C)cc1. The number of nitrogens with one attached hydrogen (secondary N) is 1. The Morgan fingerprint density at radius 3 is 2.36 bits per heavy atom. The Hall–Kier alpha value is -3.35. The summed E-state index contributed by atoms with van der Waals surface area (Å²) in [5.41, 5.74) is 3.49. The zero-order valence-electron chi connectivity index (χ0n) is 16.4. The Bertz CT molecular complexity index is 970. The first-order valence-electron chi connectivity index (χ1n) is 9.18. The molecule has 2 aromatic rings. The highest BCUT2D eigenvalue weighted by Crippen LogP contribution is 2.25. The Kier molecular flexibility index (Phi) is 5.35. The second-order valence-electron chi connectivity index (χ2n) is 6.46. The van der Waals surface area contributed by atoms with Crippen molar-refractivity contribution in [2.45, 2.75) is 27.7 Å². The average molecular weight is 381 g/mol. The average Bonchev–Trinajstić information content (AvgIpc) is 2.93. The summed E-state index contributed by atoms with van der Waals surface area (Å²) >= 11 is 0. The molecule has 0 spiro atoms. The van der Waals surface area contributed by atoms with Crippen LogP contribution in [0.5, 0.6) is 5.75 Å². The number of aryl methyl sites for hydroxylation is 1. The van der Waals surface area contributed by atoms with Crippen molar-refractivity contribution in [3.05, 3.63) is 52.9 Å². The van der Waals surface area contributed by atoms with Crippen LogP contribution >= 0.6 is 0 Å². The van der Waals surface area contributed by atoms with Crippen molar-refractivity contribution < 1.29 is 19.1 Å². The number of imide groups is 2. The molecule has 0 aliphatic carbocycles. The van der Waals surface area contributed by atoms with Crippen molar-refractivity contribution in [1.82, 2.24) is 14.8 Å². The molecule has 0 radical (unpaired) electrons. The molecule has 28 heavy (non-hydrogen) atoms. The monoisotopic (exact) mass is 381 g/mol. The van der Waals surface area contributed by atoms with E-state index in [1.165, 1.54) is 0 Å². The number of rotatable bonds is 5. The molecule has 1 aromatic carbocycles. The van der Waals surface area contributed by atoms with Gasteiger partial charge in [-0.25, -0.2) is 4.79 Å². The Labute approximate surface area is 163 Å². The molecule has 3 rings (SSSR count). The van der Waals surface area contributed by atoms with E-state index in [2.05, 4.69) is 5.32 Å². The van der Waals surface area contributed by atoms with Crippen LogP contribution in [0.4, 0.5) is 4.79 Å². The number of hydrogen-bond donors (Lipinski definition) is 1. The van der Waals surface area contributed by atoms with Crippen LogP contribution in [-0.2, 0) is 9.59 Å². The van der Waals surface area contributed by atoms with Crippen molar-refractivity contribution in [3.63, 3.8) is 0 Å². The van der Waals surface area contributed by atoms with E-state index in [4.69, 9.17) is 4.74 Å². The lowest BCUT2D eigenvalue weighted by Crippen LogP contribution is -2.53. The topological polar surface area (TPSA) is 80.6 Å². The quantitative estimate of drug-likeness (QED) is 0.638. The number of ether oxygens (including phenoxy) is 1. The maximum absolute atomic E-state index is 12.5. The smallest absolute Gasteiger partial charge is 0.331 e. The van der Waals surface area contributed by atoms with E-state index in [0.717, 1.165) is 33.3 Å². The summed E-state index contributed by atoms with van der Waals surface area (Å²) in [7, 11) is 0. The predicted molar refractivity (Wildman–Crippen MR) is 105 cm³/mol. The van der Waals surface area contributed by atoms with Gasteiger partial charge >= 0.3 is 6.03 Å². The fraction of sp³-hybridized carbons (Fsp3) is 0.286. The Morgan fingerprint density at radius 1 is 1.07 bits per heavy atom. The second kappa shape index (κ2) is 7.72. The molecule has 1 saturated heterocycles. The summed E-state index contributed by atoms with van der Waals surface area (Å²) in [5, 5.41) is 2.21. The van der Waals surface area contributed by atoms with Gasteiger partial charge in [-0.1, -0.05) is 0 Å². The first kappa shape index (κ1) is 19.4. The number of urea groups is 1. The molecule has 7 nitrogen and oxygen atoms in total. The Balaban J connectivity index is 1.99. The molecule has 1 fully saturated rings. The third-order valence-corrected chi connectivity index (χ3v) is 4.68. The van der Waals surface area contributed by atoms with Gasteiger partial charge in [-0.3, -0.25) is 19.8 Å². The number of likely N-dealkylation sites (N-methyl/N-ethyl adjacent to an activating group) is 1. The number of nitrogens with zero attached hydrogens (tertiary/aromatic N) is 2. The van der Waals surface area contributed by atoms with Crippen LogP contribution in [-0.4, -0.2) is 40.5 Å². The number of carbonyl (C=O) groups excluding carboxylic acids is 3. The highest BCUT2D eigenvalue weighted by atomic mass is 16.5. The van der Waals surface area contributed by atoms with Crippen molar-refractivity contribution in [2.75, 3.05) is 13.2 Å². The molecule has 146 valence electrons. The lowest BCUT2D eigenvalue weighted by atomic mass is 10.1. The van der Waals surface area contributed by atoms with Gasteiger partial charge in [-0.15, -0.1) is 0 Å². The molecule has 0 unspecified atom stereocenters. The van der Waals surface area contributed by atoms with Crippen LogP contribution in [0.25, 0.3) is 11.8 Å². The first-order valence-corrected chi connectivity index (χ1v) is 9.18. The molecule has 4 amide bonds. The van der Waals surface area contributed by atoms with Gasteiger partial charge in [0.1, 0.15) is 11.3 Å². The van der Waals surface area contributed by atoms with Crippen molar-refractivity contribution >= 4 is 23.9 Å². The molecule has 2 heterocycles. The number of barbiturate groups is 1. The molecular formula is C21H23N3O4. The third kappa shape index (κ3) is 3.43. The number of aromatic nitrogens is 1. The number of benzene rings is 1. The summed E-state index contributed by atoms with van der Waals surface area (Å²) < 4.78 is 7.52. The van der Waals surface area contributed by atoms with Gasteiger partial charge in [0, 0.05) is 23.6 Å². The van der Waals surface area contributed by atoms with E-state index in [0.29, 0.717) is 6.61 Å². The zero-order valence-corrected chi connectivity index (χ0v) is 16.4. The van der Waals surface area contributed by atoms with Crippen molar-refractivity contribution in [2.24, 2.45) is 0 Å². The molecular weight excluding hydrogens is 358 g/mol. The summed E-state index contributed by atoms with van der Waals surface area (Å²) in [6.45, 7) is 8.29. The highest BCUT2D eigenvalue weighted by molar-refractivity contribution is 6.31. The fourth-order valence-corrected chi connectivity index (χ4v) is 3.33. The number of amides is 4. The van der Waals surface area contributed by atoms with Gasteiger partial charge in [0.15, 0.2) is 0 Å². The standard InChI is InChI=1S/C21H23N3O4/c1-5-23-20(26)18(19(25)22-21(23)27)12-15-11-13(3)24(14(15)4)16-7-9-17(10-8-16)28-6-2/h7-12H,5-6H2,1-4H3,(H,22,25,27)/b18-12+. The molecule has 1 aromatic heterocycles. The van der Waals surface area contributed by atoms with Crippen LogP contribution in [0, 0.1) is 13.8 Å². The van der Waals surface area contributed by atoms with E-state index in [-0.39, 0.29) is 12.1 Å². The number of hydrogen-bond acceptors (Lipinski definition) is 4. The minimum Gasteiger partial charge on any atom is -0.494 e. The lowest BCUT2D eigenvalue weighted by molar-refractivity contribution is -0.129. The molecule has 0 saturated carbocycles. The van der Waals surface area contributed by atoms with E-state index in [1.807, 2.05) is 55.7 Å². The first-order chi connectivity index (χ1) is 13.4. The van der Waals surface area contributed by atoms with Gasteiger partial charge < -0.3 is 9.30 Å². The third-order valence-electron chi connectivity index (χ3n) is 4.68. The van der Waals surface area contributed by atoms with E-state index in [9.17, 15) is 14.4 Å². The van der Waals surface area contributed by atoms with Crippen LogP contribution < -0.4 is 10.1 Å². The molecule has 0 bridgehead atoms. The minimum absolute atomic E-state index is 0.0478. The molecule has 7 heteroatoms. The largest absolute Gasteiger partial charge is 0.494 e. The molecule has 1 aliphatic heterocycles. The summed E-state index contributed by atoms with van der Waals surface area (Å²) in [6.07, 6.45) is 1.54. The van der Waals surface area contributed by atoms with Gasteiger partial charge in [-0.2, -0.15) is 0 Å². The van der Waals surface area contributed by atoms with Gasteiger partial charge in [-0.05, 0) is 69.7 Å². The van der Waals surface area contributed by atoms with E-state index in [1.54, 1.807) is 13.0 Å². The maximum Gasteiger partial charge on any atom is 0.331 e. The number of carbonyl (C=O) groups is 3. The van der Waals surface area contributed by atoms with Crippen LogP contribution in [0.15, 0.2) is 35.9 Å². The van der Waals surface area contributed by atoms with Gasteiger partial charge in [0.25, 0.3) is 11.8 Å². The molecule has 0 atom stereocenters.